The number of rotatable bonds is 4. The Morgan fingerprint density at radius 2 is 1.63 bits per heavy atom. The smallest absolute Gasteiger partial charge is 0.250 e. The second kappa shape index (κ2) is 8.63. The maximum atomic E-state index is 13.8. The Labute approximate surface area is 179 Å². The average molecular weight is 405 g/mol. The third kappa shape index (κ3) is 4.00. The summed E-state index contributed by atoms with van der Waals surface area (Å²) >= 11 is 0. The summed E-state index contributed by atoms with van der Waals surface area (Å²) in [5, 5.41) is 0. The summed E-state index contributed by atoms with van der Waals surface area (Å²) in [6, 6.07) is 17.6. The van der Waals surface area contributed by atoms with Crippen LogP contribution in [0.4, 0.5) is 0 Å². The minimum atomic E-state index is -0.559. The van der Waals surface area contributed by atoms with Gasteiger partial charge in [0.2, 0.25) is 5.91 Å². The summed E-state index contributed by atoms with van der Waals surface area (Å²) in [5.41, 5.74) is 3.09. The first-order valence-electron chi connectivity index (χ1n) is 11.2. The highest BCUT2D eigenvalue weighted by molar-refractivity contribution is 5.95. The third-order valence-electron chi connectivity index (χ3n) is 7.11. The van der Waals surface area contributed by atoms with E-state index in [0.717, 1.165) is 29.5 Å². The van der Waals surface area contributed by atoms with E-state index in [9.17, 15) is 9.59 Å². The van der Waals surface area contributed by atoms with Crippen molar-refractivity contribution in [1.82, 2.24) is 9.80 Å². The summed E-state index contributed by atoms with van der Waals surface area (Å²) in [7, 11) is 0. The predicted molar refractivity (Wildman–Crippen MR) is 119 cm³/mol. The van der Waals surface area contributed by atoms with Crippen molar-refractivity contribution in [3.05, 3.63) is 71.3 Å². The van der Waals surface area contributed by atoms with E-state index >= 15 is 0 Å². The fourth-order valence-corrected chi connectivity index (χ4v) is 5.05. The fourth-order valence-electron chi connectivity index (χ4n) is 5.05. The lowest BCUT2D eigenvalue weighted by atomic mass is 9.76. The van der Waals surface area contributed by atoms with Crippen LogP contribution in [-0.4, -0.2) is 34.2 Å². The highest BCUT2D eigenvalue weighted by atomic mass is 16.2. The van der Waals surface area contributed by atoms with Crippen LogP contribution in [0, 0.1) is 18.8 Å². The van der Waals surface area contributed by atoms with Crippen molar-refractivity contribution >= 4 is 11.8 Å². The number of aryl methyl sites for hydroxylation is 1. The van der Waals surface area contributed by atoms with Crippen LogP contribution < -0.4 is 0 Å². The van der Waals surface area contributed by atoms with Gasteiger partial charge in [-0.15, -0.1) is 0 Å². The summed E-state index contributed by atoms with van der Waals surface area (Å²) in [6.45, 7) is 7.19. The van der Waals surface area contributed by atoms with Crippen LogP contribution in [0.5, 0.6) is 0 Å². The Kier molecular flexibility index (Phi) is 5.94. The first kappa shape index (κ1) is 20.6. The fraction of sp³-hybridized carbons (Fsp3) is 0.462. The molecule has 1 aliphatic heterocycles. The number of hydrogen-bond donors (Lipinski definition) is 0. The molecule has 2 amide bonds. The topological polar surface area (TPSA) is 40.6 Å². The highest BCUT2D eigenvalue weighted by Crippen LogP contribution is 2.37. The number of piperazine rings is 1. The van der Waals surface area contributed by atoms with Crippen LogP contribution in [0.25, 0.3) is 0 Å². The molecule has 158 valence electrons. The van der Waals surface area contributed by atoms with E-state index in [1.54, 1.807) is 4.90 Å². The van der Waals surface area contributed by atoms with Gasteiger partial charge in [-0.05, 0) is 36.3 Å². The van der Waals surface area contributed by atoms with Crippen LogP contribution in [-0.2, 0) is 16.1 Å². The first-order chi connectivity index (χ1) is 14.5. The van der Waals surface area contributed by atoms with Crippen LogP contribution in [0.3, 0.4) is 0 Å². The van der Waals surface area contributed by atoms with Crippen molar-refractivity contribution in [2.24, 2.45) is 11.8 Å². The number of hydrogen-bond acceptors (Lipinski definition) is 2. The lowest BCUT2D eigenvalue weighted by Crippen LogP contribution is -2.60. The summed E-state index contributed by atoms with van der Waals surface area (Å²) in [6.07, 6.45) is 3.32. The number of carbonyl (C=O) groups excluding carboxylic acids is 2. The number of nitrogens with zero attached hydrogens (tertiary/aromatic N) is 2. The number of amides is 2. The molecule has 4 heteroatoms. The SMILES string of the molecule is Cc1ccc([C@@H]2C(=O)N([C@@H]3CCC[C@@H](C)[C@H]3C)CC(=O)N2Cc2ccccc2)cc1. The third-order valence-corrected chi connectivity index (χ3v) is 7.11. The van der Waals surface area contributed by atoms with Gasteiger partial charge in [0.25, 0.3) is 5.91 Å². The molecule has 1 aliphatic carbocycles. The zero-order valence-corrected chi connectivity index (χ0v) is 18.3. The molecule has 2 fully saturated rings. The van der Waals surface area contributed by atoms with Crippen LogP contribution >= 0.6 is 0 Å². The molecule has 30 heavy (non-hydrogen) atoms. The molecule has 0 unspecified atom stereocenters. The Morgan fingerprint density at radius 3 is 2.33 bits per heavy atom. The second-order valence-electron chi connectivity index (χ2n) is 9.12. The zero-order valence-electron chi connectivity index (χ0n) is 18.3. The molecule has 0 aromatic heterocycles. The number of benzene rings is 2. The van der Waals surface area contributed by atoms with Gasteiger partial charge in [0.05, 0.1) is 0 Å². The van der Waals surface area contributed by atoms with Crippen LogP contribution in [0.1, 0.15) is 55.8 Å². The quantitative estimate of drug-likeness (QED) is 0.739. The van der Waals surface area contributed by atoms with Gasteiger partial charge < -0.3 is 9.80 Å². The predicted octanol–water partition coefficient (Wildman–Crippen LogP) is 4.73. The molecular weight excluding hydrogens is 372 g/mol. The van der Waals surface area contributed by atoms with E-state index in [-0.39, 0.29) is 24.4 Å². The van der Waals surface area contributed by atoms with Crippen LogP contribution in [0.2, 0.25) is 0 Å². The van der Waals surface area contributed by atoms with Gasteiger partial charge in [-0.1, -0.05) is 86.8 Å². The second-order valence-corrected chi connectivity index (χ2v) is 9.12. The maximum Gasteiger partial charge on any atom is 0.250 e. The van der Waals surface area contributed by atoms with Gasteiger partial charge in [-0.3, -0.25) is 9.59 Å². The van der Waals surface area contributed by atoms with Gasteiger partial charge >= 0.3 is 0 Å². The molecule has 2 aliphatic rings. The lowest BCUT2D eigenvalue weighted by Gasteiger charge is -2.47. The van der Waals surface area contributed by atoms with Crippen molar-refractivity contribution in [3.8, 4) is 0 Å². The maximum absolute atomic E-state index is 13.8. The standard InChI is InChI=1S/C26H32N2O2/c1-18-12-14-22(15-13-18)25-26(30)27(23-11-7-8-19(2)20(23)3)17-24(29)28(25)16-21-9-5-4-6-10-21/h4-6,9-10,12-15,19-20,23,25H,7-8,11,16-17H2,1-3H3/t19-,20-,23-,25-/m1/s1. The lowest BCUT2D eigenvalue weighted by molar-refractivity contribution is -0.161. The molecule has 4 atom stereocenters. The molecule has 1 saturated carbocycles. The highest BCUT2D eigenvalue weighted by Gasteiger charge is 2.45. The Bertz CT molecular complexity index is 893. The minimum Gasteiger partial charge on any atom is -0.328 e. The van der Waals surface area contributed by atoms with Gasteiger partial charge in [-0.25, -0.2) is 0 Å². The first-order valence-corrected chi connectivity index (χ1v) is 11.2. The monoisotopic (exact) mass is 404 g/mol. The van der Waals surface area contributed by atoms with Gasteiger partial charge in [0.1, 0.15) is 12.6 Å². The summed E-state index contributed by atoms with van der Waals surface area (Å²) in [5.74, 6) is 1.09. The van der Waals surface area contributed by atoms with Gasteiger partial charge in [0.15, 0.2) is 0 Å². The van der Waals surface area contributed by atoms with Gasteiger partial charge in [-0.2, -0.15) is 0 Å². The van der Waals surface area contributed by atoms with Crippen molar-refractivity contribution in [1.29, 1.82) is 0 Å². The largest absolute Gasteiger partial charge is 0.328 e. The minimum absolute atomic E-state index is 0.0365. The van der Waals surface area contributed by atoms with E-state index in [1.165, 1.54) is 6.42 Å². The number of carbonyl (C=O) groups is 2. The molecule has 4 rings (SSSR count). The van der Waals surface area contributed by atoms with E-state index < -0.39 is 6.04 Å². The Balaban J connectivity index is 1.69. The van der Waals surface area contributed by atoms with Crippen LogP contribution in [0.15, 0.2) is 54.6 Å². The van der Waals surface area contributed by atoms with E-state index in [4.69, 9.17) is 0 Å². The normalized spacial score (nSPS) is 27.4. The van der Waals surface area contributed by atoms with Crippen molar-refractivity contribution in [3.63, 3.8) is 0 Å². The average Bonchev–Trinajstić information content (AvgIpc) is 2.75. The summed E-state index contributed by atoms with van der Waals surface area (Å²) in [4.78, 5) is 30.9. The zero-order chi connectivity index (χ0) is 21.3. The molecule has 2 aromatic carbocycles. The molecular formula is C26H32N2O2. The van der Waals surface area contributed by atoms with E-state index in [2.05, 4.69) is 13.8 Å². The molecule has 1 saturated heterocycles. The van der Waals surface area contributed by atoms with Crippen molar-refractivity contribution in [2.75, 3.05) is 6.54 Å². The van der Waals surface area contributed by atoms with E-state index in [0.29, 0.717) is 18.4 Å². The molecule has 1 heterocycles. The molecule has 0 radical (unpaired) electrons. The Hall–Kier alpha value is -2.62. The molecule has 0 spiro atoms. The Morgan fingerprint density at radius 1 is 0.933 bits per heavy atom. The summed E-state index contributed by atoms with van der Waals surface area (Å²) < 4.78 is 0. The van der Waals surface area contributed by atoms with Gasteiger partial charge in [0, 0.05) is 12.6 Å². The molecule has 0 N–H and O–H groups in total. The molecule has 0 bridgehead atoms. The van der Waals surface area contributed by atoms with Crippen molar-refractivity contribution in [2.45, 2.75) is 58.7 Å². The van der Waals surface area contributed by atoms with Crippen molar-refractivity contribution < 1.29 is 9.59 Å². The molecule has 2 aromatic rings. The van der Waals surface area contributed by atoms with E-state index in [1.807, 2.05) is 66.4 Å². The molecule has 4 nitrogen and oxygen atoms in total.